The van der Waals surface area contributed by atoms with Crippen LogP contribution in [0.3, 0.4) is 0 Å². The van der Waals surface area contributed by atoms with Crippen LogP contribution in [-0.2, 0) is 9.47 Å². The third-order valence-corrected chi connectivity index (χ3v) is 6.47. The highest BCUT2D eigenvalue weighted by atomic mass is 16.5. The Hall–Kier alpha value is -1.84. The molecule has 1 aliphatic carbocycles. The summed E-state index contributed by atoms with van der Waals surface area (Å²) in [4.78, 5) is 25.4. The highest BCUT2D eigenvalue weighted by Gasteiger charge is 2.28. The number of rotatable bonds is 14. The average molecular weight is 431 g/mol. The number of esters is 2. The van der Waals surface area contributed by atoms with Gasteiger partial charge < -0.3 is 9.47 Å². The van der Waals surface area contributed by atoms with Crippen molar-refractivity contribution in [2.45, 2.75) is 110 Å². The van der Waals surface area contributed by atoms with Crippen LogP contribution in [-0.4, -0.2) is 24.6 Å². The SMILES string of the molecule is CCCCCCCCCCCOC(=O)c1ccccc1C(=O)OC1CCCCC1CC. The van der Waals surface area contributed by atoms with Crippen molar-refractivity contribution < 1.29 is 19.1 Å². The fraction of sp³-hybridized carbons (Fsp3) is 0.704. The molecule has 0 saturated heterocycles. The van der Waals surface area contributed by atoms with Gasteiger partial charge in [-0.2, -0.15) is 0 Å². The van der Waals surface area contributed by atoms with Crippen molar-refractivity contribution in [1.82, 2.24) is 0 Å². The molecule has 31 heavy (non-hydrogen) atoms. The molecule has 0 amide bonds. The van der Waals surface area contributed by atoms with Crippen LogP contribution in [0.4, 0.5) is 0 Å². The van der Waals surface area contributed by atoms with Gasteiger partial charge in [-0.05, 0) is 50.2 Å². The van der Waals surface area contributed by atoms with Crippen molar-refractivity contribution in [3.05, 3.63) is 35.4 Å². The predicted octanol–water partition coefficient (Wildman–Crippen LogP) is 7.50. The maximum Gasteiger partial charge on any atom is 0.339 e. The molecule has 2 unspecified atom stereocenters. The molecule has 1 aromatic rings. The Morgan fingerprint density at radius 2 is 1.39 bits per heavy atom. The van der Waals surface area contributed by atoms with Gasteiger partial charge in [0.25, 0.3) is 0 Å². The Bertz CT molecular complexity index is 654. The van der Waals surface area contributed by atoms with Gasteiger partial charge in [0.05, 0.1) is 17.7 Å². The second-order valence-electron chi connectivity index (χ2n) is 8.91. The van der Waals surface area contributed by atoms with E-state index in [9.17, 15) is 9.59 Å². The van der Waals surface area contributed by atoms with Gasteiger partial charge in [0.15, 0.2) is 0 Å². The van der Waals surface area contributed by atoms with Crippen molar-refractivity contribution >= 4 is 11.9 Å². The second kappa shape index (κ2) is 15.0. The van der Waals surface area contributed by atoms with E-state index in [1.807, 2.05) is 0 Å². The molecule has 2 atom stereocenters. The molecule has 1 aliphatic rings. The van der Waals surface area contributed by atoms with E-state index in [0.29, 0.717) is 23.7 Å². The lowest BCUT2D eigenvalue weighted by atomic mass is 9.85. The quantitative estimate of drug-likeness (QED) is 0.226. The van der Waals surface area contributed by atoms with E-state index in [0.717, 1.165) is 38.5 Å². The molecule has 1 aromatic carbocycles. The topological polar surface area (TPSA) is 52.6 Å². The number of hydrogen-bond acceptors (Lipinski definition) is 4. The highest BCUT2D eigenvalue weighted by molar-refractivity contribution is 6.03. The van der Waals surface area contributed by atoms with E-state index in [4.69, 9.17) is 9.47 Å². The van der Waals surface area contributed by atoms with E-state index in [1.54, 1.807) is 24.3 Å². The van der Waals surface area contributed by atoms with E-state index in [1.165, 1.54) is 51.4 Å². The van der Waals surface area contributed by atoms with Crippen LogP contribution in [0, 0.1) is 5.92 Å². The normalized spacial score (nSPS) is 18.5. The maximum absolute atomic E-state index is 12.8. The fourth-order valence-corrected chi connectivity index (χ4v) is 4.49. The minimum atomic E-state index is -0.428. The van der Waals surface area contributed by atoms with E-state index in [2.05, 4.69) is 13.8 Å². The molecule has 1 fully saturated rings. The minimum absolute atomic E-state index is 0.0442. The third-order valence-electron chi connectivity index (χ3n) is 6.47. The molecule has 0 spiro atoms. The van der Waals surface area contributed by atoms with Gasteiger partial charge in [0, 0.05) is 0 Å². The van der Waals surface area contributed by atoms with Crippen molar-refractivity contribution in [3.63, 3.8) is 0 Å². The summed E-state index contributed by atoms with van der Waals surface area (Å²) in [7, 11) is 0. The third kappa shape index (κ3) is 9.04. The standard InChI is InChI=1S/C27H42O4/c1-3-5-6-7-8-9-10-11-16-21-30-26(28)23-18-13-14-19-24(23)27(29)31-25-20-15-12-17-22(25)4-2/h13-14,18-19,22,25H,3-12,15-17,20-21H2,1-2H3. The molecule has 4 nitrogen and oxygen atoms in total. The van der Waals surface area contributed by atoms with E-state index >= 15 is 0 Å². The summed E-state index contributed by atoms with van der Waals surface area (Å²) >= 11 is 0. The van der Waals surface area contributed by atoms with Crippen molar-refractivity contribution in [3.8, 4) is 0 Å². The second-order valence-corrected chi connectivity index (χ2v) is 8.91. The van der Waals surface area contributed by atoms with Crippen LogP contribution in [0.25, 0.3) is 0 Å². The van der Waals surface area contributed by atoms with Crippen LogP contribution in [0.2, 0.25) is 0 Å². The van der Waals surface area contributed by atoms with Crippen LogP contribution in [0.1, 0.15) is 124 Å². The van der Waals surface area contributed by atoms with Gasteiger partial charge in [-0.15, -0.1) is 0 Å². The molecular formula is C27H42O4. The summed E-state index contributed by atoms with van der Waals surface area (Å²) in [5.74, 6) is -0.410. The summed E-state index contributed by atoms with van der Waals surface area (Å²) in [6.45, 7) is 4.79. The first-order valence-electron chi connectivity index (χ1n) is 12.6. The maximum atomic E-state index is 12.8. The summed E-state index contributed by atoms with van der Waals surface area (Å²) in [6.07, 6.45) is 16.3. The number of unbranched alkanes of at least 4 members (excludes halogenated alkanes) is 8. The largest absolute Gasteiger partial charge is 0.462 e. The minimum Gasteiger partial charge on any atom is -0.462 e. The summed E-state index contributed by atoms with van der Waals surface area (Å²) in [5, 5.41) is 0. The zero-order chi connectivity index (χ0) is 22.3. The molecule has 0 aliphatic heterocycles. The van der Waals surface area contributed by atoms with Crippen molar-refractivity contribution in [2.75, 3.05) is 6.61 Å². The summed E-state index contributed by atoms with van der Waals surface area (Å²) < 4.78 is 11.3. The monoisotopic (exact) mass is 430 g/mol. The number of benzene rings is 1. The molecule has 4 heteroatoms. The van der Waals surface area contributed by atoms with Gasteiger partial charge in [0.2, 0.25) is 0 Å². The Labute approximate surface area is 189 Å². The molecular weight excluding hydrogens is 388 g/mol. The lowest BCUT2D eigenvalue weighted by Crippen LogP contribution is -2.30. The molecule has 0 heterocycles. The molecule has 0 aromatic heterocycles. The van der Waals surface area contributed by atoms with Crippen LogP contribution in [0.5, 0.6) is 0 Å². The van der Waals surface area contributed by atoms with Gasteiger partial charge in [-0.25, -0.2) is 9.59 Å². The lowest BCUT2D eigenvalue weighted by molar-refractivity contribution is 0.000312. The molecule has 1 saturated carbocycles. The summed E-state index contributed by atoms with van der Waals surface area (Å²) in [5.41, 5.74) is 0.632. The molecule has 174 valence electrons. The number of carbonyl (C=O) groups excluding carboxylic acids is 2. The fourth-order valence-electron chi connectivity index (χ4n) is 4.49. The lowest BCUT2D eigenvalue weighted by Gasteiger charge is -2.30. The predicted molar refractivity (Wildman–Crippen MR) is 125 cm³/mol. The van der Waals surface area contributed by atoms with Gasteiger partial charge in [-0.3, -0.25) is 0 Å². The molecule has 0 bridgehead atoms. The first-order valence-corrected chi connectivity index (χ1v) is 12.6. The molecule has 2 rings (SSSR count). The zero-order valence-electron chi connectivity index (χ0n) is 19.7. The molecule has 0 radical (unpaired) electrons. The summed E-state index contributed by atoms with van der Waals surface area (Å²) in [6, 6.07) is 6.86. The smallest absolute Gasteiger partial charge is 0.339 e. The van der Waals surface area contributed by atoms with Crippen LogP contribution in [0.15, 0.2) is 24.3 Å². The van der Waals surface area contributed by atoms with Crippen LogP contribution < -0.4 is 0 Å². The first-order chi connectivity index (χ1) is 15.2. The number of hydrogen-bond donors (Lipinski definition) is 0. The Balaban J connectivity index is 1.75. The van der Waals surface area contributed by atoms with Gasteiger partial charge >= 0.3 is 11.9 Å². The first kappa shape index (κ1) is 25.4. The Morgan fingerprint density at radius 3 is 2.03 bits per heavy atom. The Kier molecular flexibility index (Phi) is 12.3. The van der Waals surface area contributed by atoms with Crippen molar-refractivity contribution in [1.29, 1.82) is 0 Å². The number of ether oxygens (including phenoxy) is 2. The number of carbonyl (C=O) groups is 2. The van der Waals surface area contributed by atoms with E-state index < -0.39 is 11.9 Å². The highest BCUT2D eigenvalue weighted by Crippen LogP contribution is 2.30. The van der Waals surface area contributed by atoms with Crippen LogP contribution >= 0.6 is 0 Å². The van der Waals surface area contributed by atoms with Gasteiger partial charge in [0.1, 0.15) is 6.10 Å². The van der Waals surface area contributed by atoms with E-state index in [-0.39, 0.29) is 6.10 Å². The van der Waals surface area contributed by atoms with Gasteiger partial charge in [-0.1, -0.05) is 83.8 Å². The molecule has 0 N–H and O–H groups in total. The zero-order valence-corrected chi connectivity index (χ0v) is 19.7. The Morgan fingerprint density at radius 1 is 0.806 bits per heavy atom. The van der Waals surface area contributed by atoms with Crippen molar-refractivity contribution in [2.24, 2.45) is 5.92 Å². The average Bonchev–Trinajstić information content (AvgIpc) is 2.80.